The number of carbonyl (C=O) groups is 1. The second-order valence-corrected chi connectivity index (χ2v) is 9.64. The lowest BCUT2D eigenvalue weighted by Gasteiger charge is -2.41. The molecule has 6 nitrogen and oxygen atoms in total. The number of nitrogens with two attached hydrogens (primary N) is 1. The second kappa shape index (κ2) is 6.92. The van der Waals surface area contributed by atoms with Gasteiger partial charge in [0, 0.05) is 31.0 Å². The maximum atomic E-state index is 12.5. The molecule has 0 unspecified atom stereocenters. The number of imidazole rings is 1. The van der Waals surface area contributed by atoms with Gasteiger partial charge in [0.05, 0.1) is 16.6 Å². The van der Waals surface area contributed by atoms with Crippen LogP contribution in [0.1, 0.15) is 41.3 Å². The number of primary amides is 1. The fraction of sp³-hybridized carbons (Fsp3) is 0.455. The number of nitrogens with zero attached hydrogens (tertiary/aromatic N) is 3. The van der Waals surface area contributed by atoms with Gasteiger partial charge in [0.15, 0.2) is 5.65 Å². The van der Waals surface area contributed by atoms with Gasteiger partial charge >= 0.3 is 0 Å². The smallest absolute Gasteiger partial charge is 0.252 e. The zero-order valence-electron chi connectivity index (χ0n) is 16.6. The normalized spacial score (nSPS) is 18.9. The third-order valence-electron chi connectivity index (χ3n) is 6.57. The van der Waals surface area contributed by atoms with Crippen molar-refractivity contribution in [1.82, 2.24) is 9.38 Å². The Bertz CT molecular complexity index is 1120. The Labute approximate surface area is 174 Å². The molecule has 2 aliphatic heterocycles. The van der Waals surface area contributed by atoms with E-state index in [0.29, 0.717) is 11.2 Å². The Hall–Kier alpha value is -2.25. The number of benzene rings is 1. The molecule has 0 radical (unpaired) electrons. The van der Waals surface area contributed by atoms with E-state index >= 15 is 0 Å². The first-order valence-corrected chi connectivity index (χ1v) is 11.4. The number of thioether (sulfide) groups is 1. The predicted octanol–water partition coefficient (Wildman–Crippen LogP) is 2.97. The minimum Gasteiger partial charge on any atom is -0.396 e. The minimum absolute atomic E-state index is 0.0192. The molecule has 2 aliphatic rings. The Morgan fingerprint density at radius 3 is 2.76 bits per heavy atom. The number of piperidine rings is 1. The van der Waals surface area contributed by atoms with Gasteiger partial charge in [-0.2, -0.15) is 11.8 Å². The average molecular weight is 411 g/mol. The number of aliphatic hydroxyl groups excluding tert-OH is 1. The van der Waals surface area contributed by atoms with E-state index in [4.69, 9.17) is 10.7 Å². The lowest BCUT2D eigenvalue weighted by Crippen LogP contribution is -2.42. The van der Waals surface area contributed by atoms with E-state index in [0.717, 1.165) is 66.3 Å². The minimum atomic E-state index is -0.397. The van der Waals surface area contributed by atoms with Crippen LogP contribution in [-0.4, -0.2) is 45.8 Å². The first-order valence-electron chi connectivity index (χ1n) is 10.2. The van der Waals surface area contributed by atoms with Crippen molar-refractivity contribution in [1.29, 1.82) is 0 Å². The molecule has 7 heteroatoms. The topological polar surface area (TPSA) is 83.9 Å². The van der Waals surface area contributed by atoms with Gasteiger partial charge in [-0.1, -0.05) is 19.1 Å². The molecule has 0 bridgehead atoms. The van der Waals surface area contributed by atoms with E-state index in [9.17, 15) is 9.90 Å². The number of para-hydroxylation sites is 2. The molecule has 4 heterocycles. The van der Waals surface area contributed by atoms with Crippen molar-refractivity contribution in [2.24, 2.45) is 11.1 Å². The average Bonchev–Trinajstić information content (AvgIpc) is 3.11. The number of hydrogen-bond acceptors (Lipinski definition) is 5. The maximum absolute atomic E-state index is 12.5. The van der Waals surface area contributed by atoms with Gasteiger partial charge in [0.2, 0.25) is 0 Å². The fourth-order valence-corrected chi connectivity index (χ4v) is 5.75. The summed E-state index contributed by atoms with van der Waals surface area (Å²) in [4.78, 5) is 19.8. The lowest BCUT2D eigenvalue weighted by atomic mass is 9.81. The summed E-state index contributed by atoms with van der Waals surface area (Å²) in [5.41, 5.74) is 11.3. The van der Waals surface area contributed by atoms with E-state index in [2.05, 4.69) is 22.3 Å². The fourth-order valence-electron chi connectivity index (χ4n) is 4.75. The molecule has 5 rings (SSSR count). The van der Waals surface area contributed by atoms with Crippen LogP contribution in [-0.2, 0) is 12.2 Å². The highest BCUT2D eigenvalue weighted by molar-refractivity contribution is 7.98. The number of pyridine rings is 1. The number of hydrogen-bond donors (Lipinski definition) is 2. The van der Waals surface area contributed by atoms with Crippen LogP contribution in [0, 0.1) is 5.41 Å². The molecule has 0 saturated carbocycles. The van der Waals surface area contributed by atoms with Crippen molar-refractivity contribution < 1.29 is 9.90 Å². The third-order valence-corrected chi connectivity index (χ3v) is 7.56. The van der Waals surface area contributed by atoms with Gasteiger partial charge < -0.3 is 15.7 Å². The quantitative estimate of drug-likeness (QED) is 0.694. The third kappa shape index (κ3) is 2.90. The van der Waals surface area contributed by atoms with Gasteiger partial charge in [-0.15, -0.1) is 0 Å². The lowest BCUT2D eigenvalue weighted by molar-refractivity contribution is 0.100. The summed E-state index contributed by atoms with van der Waals surface area (Å²) in [6, 6.07) is 8.04. The molecule has 3 N–H and O–H groups in total. The summed E-state index contributed by atoms with van der Waals surface area (Å²) in [7, 11) is 0. The Morgan fingerprint density at radius 1 is 1.28 bits per heavy atom. The number of carbonyl (C=O) groups excluding carboxylic acids is 1. The maximum Gasteiger partial charge on any atom is 0.252 e. The van der Waals surface area contributed by atoms with Crippen LogP contribution in [0.2, 0.25) is 0 Å². The number of aliphatic hydroxyl groups is 1. The monoisotopic (exact) mass is 410 g/mol. The van der Waals surface area contributed by atoms with Gasteiger partial charge in [-0.3, -0.25) is 9.20 Å². The van der Waals surface area contributed by atoms with E-state index in [1.165, 1.54) is 5.56 Å². The molecule has 152 valence electrons. The number of anilines is 1. The zero-order chi connectivity index (χ0) is 20.2. The van der Waals surface area contributed by atoms with Crippen LogP contribution in [0.3, 0.4) is 0 Å². The Kier molecular flexibility index (Phi) is 4.47. The van der Waals surface area contributed by atoms with Crippen molar-refractivity contribution in [2.45, 2.75) is 31.9 Å². The largest absolute Gasteiger partial charge is 0.396 e. The van der Waals surface area contributed by atoms with Crippen LogP contribution in [0.15, 0.2) is 24.3 Å². The van der Waals surface area contributed by atoms with Crippen molar-refractivity contribution in [3.05, 3.63) is 41.0 Å². The molecule has 0 aliphatic carbocycles. The molecule has 1 fully saturated rings. The summed E-state index contributed by atoms with van der Waals surface area (Å²) in [6.45, 7) is 4.14. The Morgan fingerprint density at radius 2 is 2.03 bits per heavy atom. The van der Waals surface area contributed by atoms with Crippen LogP contribution >= 0.6 is 11.8 Å². The standard InChI is InChI=1S/C22H26N4O2S/c1-22(13-27)7-9-25(10-8-22)21-15-12-29-11-6-14(15)18(19(23)28)20-24-16-4-2-3-5-17(16)26(20)21/h2-5,27H,6-13H2,1H3,(H2,23,28). The molecular weight excluding hydrogens is 384 g/mol. The van der Waals surface area contributed by atoms with Crippen molar-refractivity contribution in [2.75, 3.05) is 30.3 Å². The highest BCUT2D eigenvalue weighted by Crippen LogP contribution is 2.41. The van der Waals surface area contributed by atoms with Crippen molar-refractivity contribution in [3.8, 4) is 0 Å². The van der Waals surface area contributed by atoms with Crippen LogP contribution < -0.4 is 10.6 Å². The number of amides is 1. The molecule has 0 atom stereocenters. The summed E-state index contributed by atoms with van der Waals surface area (Å²) >= 11 is 1.90. The Balaban J connectivity index is 1.80. The number of fused-ring (bicyclic) bond motifs is 4. The van der Waals surface area contributed by atoms with Crippen LogP contribution in [0.25, 0.3) is 16.7 Å². The summed E-state index contributed by atoms with van der Waals surface area (Å²) in [5, 5.41) is 9.79. The van der Waals surface area contributed by atoms with Crippen molar-refractivity contribution >= 4 is 40.2 Å². The highest BCUT2D eigenvalue weighted by Gasteiger charge is 2.34. The van der Waals surface area contributed by atoms with E-state index in [1.54, 1.807) is 0 Å². The van der Waals surface area contributed by atoms with E-state index < -0.39 is 5.91 Å². The highest BCUT2D eigenvalue weighted by atomic mass is 32.2. The molecular formula is C22H26N4O2S. The predicted molar refractivity (Wildman–Crippen MR) is 118 cm³/mol. The molecule has 3 aromatic rings. The van der Waals surface area contributed by atoms with Crippen LogP contribution in [0.4, 0.5) is 5.82 Å². The second-order valence-electron chi connectivity index (χ2n) is 8.54. The first-order chi connectivity index (χ1) is 14.0. The molecule has 1 amide bonds. The van der Waals surface area contributed by atoms with Gasteiger partial charge in [-0.25, -0.2) is 4.98 Å². The zero-order valence-corrected chi connectivity index (χ0v) is 17.5. The number of rotatable bonds is 3. The van der Waals surface area contributed by atoms with E-state index in [1.807, 2.05) is 30.0 Å². The molecule has 1 aromatic carbocycles. The summed E-state index contributed by atoms with van der Waals surface area (Å²) in [5.74, 6) is 2.62. The van der Waals surface area contributed by atoms with Gasteiger partial charge in [0.1, 0.15) is 5.82 Å². The molecule has 29 heavy (non-hydrogen) atoms. The van der Waals surface area contributed by atoms with E-state index in [-0.39, 0.29) is 12.0 Å². The molecule has 0 spiro atoms. The van der Waals surface area contributed by atoms with Crippen LogP contribution in [0.5, 0.6) is 0 Å². The number of aromatic nitrogens is 2. The first kappa shape index (κ1) is 18.8. The van der Waals surface area contributed by atoms with Gasteiger partial charge in [-0.05, 0) is 48.1 Å². The SMILES string of the molecule is CC1(CO)CCN(c2c3c(c(C(N)=O)c4nc5ccccc5n24)CCSC3)CC1. The summed E-state index contributed by atoms with van der Waals surface area (Å²) < 4.78 is 2.15. The summed E-state index contributed by atoms with van der Waals surface area (Å²) in [6.07, 6.45) is 2.72. The molecule has 1 saturated heterocycles. The van der Waals surface area contributed by atoms with Crippen molar-refractivity contribution in [3.63, 3.8) is 0 Å². The molecule has 2 aromatic heterocycles. The van der Waals surface area contributed by atoms with Gasteiger partial charge in [0.25, 0.3) is 5.91 Å².